The zero-order chi connectivity index (χ0) is 27.6. The number of likely N-dealkylation sites (tertiary alicyclic amines) is 1. The zero-order valence-corrected chi connectivity index (χ0v) is 21.7. The summed E-state index contributed by atoms with van der Waals surface area (Å²) in [6, 6.07) is 10.9. The van der Waals surface area contributed by atoms with E-state index < -0.39 is 27.9 Å². The molecule has 0 radical (unpaired) electrons. The number of aromatic nitrogens is 2. The largest absolute Gasteiger partial charge is 0.444 e. The van der Waals surface area contributed by atoms with E-state index in [0.29, 0.717) is 37.2 Å². The average Bonchev–Trinajstić information content (AvgIpc) is 3.29. The number of anilines is 1. The van der Waals surface area contributed by atoms with Gasteiger partial charge >= 0.3 is 11.8 Å². The molecule has 2 heterocycles. The van der Waals surface area contributed by atoms with Crippen molar-refractivity contribution in [3.8, 4) is 5.69 Å². The van der Waals surface area contributed by atoms with Gasteiger partial charge in [-0.3, -0.25) is 14.9 Å². The van der Waals surface area contributed by atoms with E-state index >= 15 is 0 Å². The van der Waals surface area contributed by atoms with E-state index in [1.807, 2.05) is 52.0 Å². The number of nitro groups is 1. The van der Waals surface area contributed by atoms with Crippen molar-refractivity contribution in [1.82, 2.24) is 14.7 Å². The van der Waals surface area contributed by atoms with Crippen molar-refractivity contribution in [2.24, 2.45) is 0 Å². The highest BCUT2D eigenvalue weighted by molar-refractivity contribution is 6.05. The number of aryl methyl sites for hydroxylation is 1. The van der Waals surface area contributed by atoms with Gasteiger partial charge in [-0.15, -0.1) is 0 Å². The van der Waals surface area contributed by atoms with Gasteiger partial charge in [0, 0.05) is 30.8 Å². The summed E-state index contributed by atoms with van der Waals surface area (Å²) in [7, 11) is 0. The summed E-state index contributed by atoms with van der Waals surface area (Å²) in [6.07, 6.45) is 2.25. The molecule has 0 aliphatic carbocycles. The van der Waals surface area contributed by atoms with Crippen LogP contribution in [0.25, 0.3) is 5.69 Å². The smallest absolute Gasteiger partial charge is 0.410 e. The van der Waals surface area contributed by atoms with Crippen LogP contribution in [0.15, 0.2) is 48.7 Å². The minimum atomic E-state index is -0.988. The van der Waals surface area contributed by atoms with E-state index in [1.165, 1.54) is 12.3 Å². The van der Waals surface area contributed by atoms with Gasteiger partial charge < -0.3 is 15.0 Å². The maximum Gasteiger partial charge on any atom is 0.410 e. The summed E-state index contributed by atoms with van der Waals surface area (Å²) in [5.74, 6) is -1.60. The molecule has 2 amide bonds. The predicted octanol–water partition coefficient (Wildman–Crippen LogP) is 5.59. The number of nitro benzene ring substituents is 1. The molecule has 3 aromatic rings. The fourth-order valence-corrected chi connectivity index (χ4v) is 4.48. The third-order valence-electron chi connectivity index (χ3n) is 6.23. The molecule has 0 saturated carbocycles. The lowest BCUT2D eigenvalue weighted by molar-refractivity contribution is -0.387. The number of ether oxygens (including phenoxy) is 1. The molecule has 200 valence electrons. The Hall–Kier alpha value is -4.28. The highest BCUT2D eigenvalue weighted by Gasteiger charge is 2.32. The standard InChI is InChI=1S/C27H30FN5O5/c1-17-6-5-7-20(14-17)32-24(18-10-12-31(13-11-18)26(35)38-27(2,3)4)21(16-29-32)25(34)30-19-8-9-22(28)23(15-19)33(36)37/h5-9,14-16,18H,10-13H2,1-4H3,(H,30,34). The number of carbonyl (C=O) groups is 2. The van der Waals surface area contributed by atoms with E-state index in [2.05, 4.69) is 10.4 Å². The molecule has 0 bridgehead atoms. The van der Waals surface area contributed by atoms with Crippen LogP contribution in [-0.2, 0) is 4.74 Å². The van der Waals surface area contributed by atoms with Gasteiger partial charge in [-0.25, -0.2) is 9.48 Å². The van der Waals surface area contributed by atoms with Crippen LogP contribution in [0.3, 0.4) is 0 Å². The molecule has 1 saturated heterocycles. The number of halogens is 1. The number of hydrogen-bond acceptors (Lipinski definition) is 6. The molecule has 38 heavy (non-hydrogen) atoms. The van der Waals surface area contributed by atoms with Crippen LogP contribution in [0.1, 0.15) is 61.1 Å². The first kappa shape index (κ1) is 26.8. The van der Waals surface area contributed by atoms with Crippen molar-refractivity contribution in [2.75, 3.05) is 18.4 Å². The Bertz CT molecular complexity index is 1370. The van der Waals surface area contributed by atoms with E-state index in [-0.39, 0.29) is 17.7 Å². The minimum Gasteiger partial charge on any atom is -0.444 e. The van der Waals surface area contributed by atoms with E-state index in [0.717, 1.165) is 23.4 Å². The van der Waals surface area contributed by atoms with Crippen LogP contribution in [0, 0.1) is 22.9 Å². The van der Waals surface area contributed by atoms with Crippen LogP contribution >= 0.6 is 0 Å². The molecule has 10 nitrogen and oxygen atoms in total. The van der Waals surface area contributed by atoms with Gasteiger partial charge in [-0.1, -0.05) is 12.1 Å². The van der Waals surface area contributed by atoms with Crippen LogP contribution < -0.4 is 5.32 Å². The van der Waals surface area contributed by atoms with Gasteiger partial charge in [0.15, 0.2) is 0 Å². The molecule has 4 rings (SSSR count). The molecule has 1 aromatic heterocycles. The van der Waals surface area contributed by atoms with Gasteiger partial charge in [-0.05, 0) is 70.4 Å². The molecular formula is C27H30FN5O5. The Morgan fingerprint density at radius 3 is 2.50 bits per heavy atom. The fourth-order valence-electron chi connectivity index (χ4n) is 4.48. The summed E-state index contributed by atoms with van der Waals surface area (Å²) in [5, 5.41) is 18.3. The first-order chi connectivity index (χ1) is 17.9. The lowest BCUT2D eigenvalue weighted by Gasteiger charge is -2.34. The second-order valence-corrected chi connectivity index (χ2v) is 10.3. The summed E-state index contributed by atoms with van der Waals surface area (Å²) in [5.41, 5.74) is 1.55. The van der Waals surface area contributed by atoms with Gasteiger partial charge in [-0.2, -0.15) is 9.49 Å². The molecule has 1 fully saturated rings. The van der Waals surface area contributed by atoms with E-state index in [4.69, 9.17) is 4.74 Å². The van der Waals surface area contributed by atoms with Crippen molar-refractivity contribution in [3.05, 3.63) is 81.4 Å². The molecular weight excluding hydrogens is 493 g/mol. The molecule has 0 unspecified atom stereocenters. The SMILES string of the molecule is Cc1cccc(-n2ncc(C(=O)Nc3ccc(F)c([N+](=O)[O-])c3)c2C2CCN(C(=O)OC(C)(C)C)CC2)c1. The summed E-state index contributed by atoms with van der Waals surface area (Å²) < 4.78 is 21.0. The topological polar surface area (TPSA) is 120 Å². The molecule has 1 aliphatic rings. The van der Waals surface area contributed by atoms with Crippen LogP contribution in [0.2, 0.25) is 0 Å². The Labute approximate surface area is 219 Å². The Morgan fingerprint density at radius 2 is 1.87 bits per heavy atom. The number of nitrogens with zero attached hydrogens (tertiary/aromatic N) is 4. The number of hydrogen-bond donors (Lipinski definition) is 1. The maximum absolute atomic E-state index is 13.8. The molecule has 0 spiro atoms. The minimum absolute atomic E-state index is 0.0945. The van der Waals surface area contributed by atoms with E-state index in [1.54, 1.807) is 9.58 Å². The maximum atomic E-state index is 13.8. The van der Waals surface area contributed by atoms with Crippen molar-refractivity contribution in [1.29, 1.82) is 0 Å². The van der Waals surface area contributed by atoms with Crippen molar-refractivity contribution in [2.45, 2.75) is 52.1 Å². The lowest BCUT2D eigenvalue weighted by atomic mass is 9.90. The van der Waals surface area contributed by atoms with Gasteiger partial charge in [0.25, 0.3) is 5.91 Å². The first-order valence-corrected chi connectivity index (χ1v) is 12.3. The Morgan fingerprint density at radius 1 is 1.16 bits per heavy atom. The molecule has 0 atom stereocenters. The van der Waals surface area contributed by atoms with Crippen LogP contribution in [-0.4, -0.2) is 50.3 Å². The molecule has 1 aliphatic heterocycles. The second-order valence-electron chi connectivity index (χ2n) is 10.3. The Balaban J connectivity index is 1.64. The Kier molecular flexibility index (Phi) is 7.47. The highest BCUT2D eigenvalue weighted by atomic mass is 19.1. The van der Waals surface area contributed by atoms with Crippen molar-refractivity contribution < 1.29 is 23.6 Å². The highest BCUT2D eigenvalue weighted by Crippen LogP contribution is 2.33. The van der Waals surface area contributed by atoms with E-state index in [9.17, 15) is 24.1 Å². The summed E-state index contributed by atoms with van der Waals surface area (Å²) in [4.78, 5) is 37.9. The lowest BCUT2D eigenvalue weighted by Crippen LogP contribution is -2.41. The number of rotatable bonds is 5. The third kappa shape index (κ3) is 5.99. The van der Waals surface area contributed by atoms with Crippen LogP contribution in [0.5, 0.6) is 0 Å². The summed E-state index contributed by atoms with van der Waals surface area (Å²) in [6.45, 7) is 8.31. The predicted molar refractivity (Wildman–Crippen MR) is 139 cm³/mol. The summed E-state index contributed by atoms with van der Waals surface area (Å²) >= 11 is 0. The quantitative estimate of drug-likeness (QED) is 0.344. The average molecular weight is 524 g/mol. The first-order valence-electron chi connectivity index (χ1n) is 12.3. The molecule has 11 heteroatoms. The number of carbonyl (C=O) groups excluding carboxylic acids is 2. The normalized spacial score (nSPS) is 14.3. The van der Waals surface area contributed by atoms with Crippen LogP contribution in [0.4, 0.5) is 20.6 Å². The second kappa shape index (κ2) is 10.6. The van der Waals surface area contributed by atoms with Gasteiger partial charge in [0.2, 0.25) is 5.82 Å². The third-order valence-corrected chi connectivity index (χ3v) is 6.23. The van der Waals surface area contributed by atoms with Crippen molar-refractivity contribution in [3.63, 3.8) is 0 Å². The number of benzene rings is 2. The number of amides is 2. The number of nitrogens with one attached hydrogen (secondary N) is 1. The molecule has 1 N–H and O–H groups in total. The van der Waals surface area contributed by atoms with Crippen molar-refractivity contribution >= 4 is 23.4 Å². The van der Waals surface area contributed by atoms with Gasteiger partial charge in [0.05, 0.1) is 28.1 Å². The monoisotopic (exact) mass is 523 g/mol. The zero-order valence-electron chi connectivity index (χ0n) is 21.7. The fraction of sp³-hybridized carbons (Fsp3) is 0.370. The van der Waals surface area contributed by atoms with Gasteiger partial charge in [0.1, 0.15) is 5.60 Å². The molecule has 2 aromatic carbocycles. The number of piperidine rings is 1.